The van der Waals surface area contributed by atoms with Crippen LogP contribution in [0.15, 0.2) is 46.9 Å². The van der Waals surface area contributed by atoms with E-state index in [1.807, 2.05) is 12.1 Å². The highest BCUT2D eigenvalue weighted by Gasteiger charge is 2.07. The van der Waals surface area contributed by atoms with E-state index in [9.17, 15) is 9.18 Å². The smallest absolute Gasteiger partial charge is 0.262 e. The Morgan fingerprint density at radius 2 is 2.05 bits per heavy atom. The summed E-state index contributed by atoms with van der Waals surface area (Å²) in [7, 11) is 0. The first kappa shape index (κ1) is 14.8. The number of benzene rings is 2. The lowest BCUT2D eigenvalue weighted by Crippen LogP contribution is -2.20. The van der Waals surface area contributed by atoms with Crippen LogP contribution in [0.2, 0.25) is 5.02 Å². The Balaban J connectivity index is 1.92. The number of carbonyl (C=O) groups is 1. The predicted octanol–water partition coefficient (Wildman–Crippen LogP) is 4.26. The van der Waals surface area contributed by atoms with Crippen molar-refractivity contribution in [1.29, 1.82) is 0 Å². The molecule has 1 amide bonds. The number of amides is 1. The Kier molecular flexibility index (Phi) is 4.98. The van der Waals surface area contributed by atoms with E-state index in [4.69, 9.17) is 16.3 Å². The van der Waals surface area contributed by atoms with Gasteiger partial charge in [0.1, 0.15) is 11.6 Å². The summed E-state index contributed by atoms with van der Waals surface area (Å²) in [4.78, 5) is 11.7. The van der Waals surface area contributed by atoms with Crippen LogP contribution < -0.4 is 10.1 Å². The van der Waals surface area contributed by atoms with Crippen LogP contribution in [-0.4, -0.2) is 12.5 Å². The number of rotatable bonds is 4. The van der Waals surface area contributed by atoms with Crippen LogP contribution in [0.4, 0.5) is 10.1 Å². The quantitative estimate of drug-likeness (QED) is 0.887. The van der Waals surface area contributed by atoms with Crippen molar-refractivity contribution in [3.63, 3.8) is 0 Å². The molecule has 20 heavy (non-hydrogen) atoms. The zero-order chi connectivity index (χ0) is 14.5. The van der Waals surface area contributed by atoms with Crippen molar-refractivity contribution >= 4 is 39.1 Å². The maximum absolute atomic E-state index is 13.0. The molecule has 0 saturated heterocycles. The lowest BCUT2D eigenvalue weighted by atomic mass is 10.3. The fraction of sp³-hybridized carbons (Fsp3) is 0.0714. The summed E-state index contributed by atoms with van der Waals surface area (Å²) in [5.41, 5.74) is 0.651. The molecule has 0 saturated carbocycles. The molecule has 104 valence electrons. The van der Waals surface area contributed by atoms with Crippen molar-refractivity contribution in [1.82, 2.24) is 0 Å². The predicted molar refractivity (Wildman–Crippen MR) is 79.7 cm³/mol. The van der Waals surface area contributed by atoms with Gasteiger partial charge in [0.2, 0.25) is 0 Å². The van der Waals surface area contributed by atoms with Gasteiger partial charge in [-0.1, -0.05) is 23.7 Å². The maximum Gasteiger partial charge on any atom is 0.262 e. The third-order valence-corrected chi connectivity index (χ3v) is 3.39. The van der Waals surface area contributed by atoms with E-state index in [0.717, 1.165) is 4.47 Å². The standard InChI is InChI=1S/C14H10BrClFNO2/c15-10-3-1-2-4-13(10)18-14(19)8-20-9-5-6-12(17)11(16)7-9/h1-7H,8H2,(H,18,19). The molecule has 0 heterocycles. The molecule has 0 spiro atoms. The van der Waals surface area contributed by atoms with Gasteiger partial charge in [-0.3, -0.25) is 4.79 Å². The van der Waals surface area contributed by atoms with E-state index in [-0.39, 0.29) is 17.5 Å². The van der Waals surface area contributed by atoms with Gasteiger partial charge in [0.15, 0.2) is 6.61 Å². The molecule has 0 radical (unpaired) electrons. The van der Waals surface area contributed by atoms with Gasteiger partial charge in [-0.05, 0) is 40.2 Å². The van der Waals surface area contributed by atoms with Gasteiger partial charge in [0, 0.05) is 10.5 Å². The minimum Gasteiger partial charge on any atom is -0.484 e. The molecule has 0 fully saturated rings. The van der Waals surface area contributed by atoms with E-state index >= 15 is 0 Å². The topological polar surface area (TPSA) is 38.3 Å². The molecule has 0 aliphatic rings. The van der Waals surface area contributed by atoms with Gasteiger partial charge >= 0.3 is 0 Å². The van der Waals surface area contributed by atoms with Gasteiger partial charge in [-0.15, -0.1) is 0 Å². The molecular formula is C14H10BrClFNO2. The zero-order valence-electron chi connectivity index (χ0n) is 10.2. The molecule has 0 aliphatic heterocycles. The SMILES string of the molecule is O=C(COc1ccc(F)c(Cl)c1)Nc1ccccc1Br. The molecule has 2 rings (SSSR count). The first-order valence-corrected chi connectivity index (χ1v) is 6.85. The molecule has 0 unspecified atom stereocenters. The number of carbonyl (C=O) groups excluding carboxylic acids is 1. The third-order valence-electron chi connectivity index (χ3n) is 2.41. The first-order valence-electron chi connectivity index (χ1n) is 5.68. The molecule has 2 aromatic carbocycles. The fourth-order valence-electron chi connectivity index (χ4n) is 1.46. The normalized spacial score (nSPS) is 10.2. The largest absolute Gasteiger partial charge is 0.484 e. The summed E-state index contributed by atoms with van der Waals surface area (Å²) in [6.45, 7) is -0.191. The molecule has 6 heteroatoms. The monoisotopic (exact) mass is 357 g/mol. The lowest BCUT2D eigenvalue weighted by Gasteiger charge is -2.09. The maximum atomic E-state index is 13.0. The summed E-state index contributed by atoms with van der Waals surface area (Å²) in [5, 5.41) is 2.64. The van der Waals surface area contributed by atoms with Crippen LogP contribution in [0, 0.1) is 5.82 Å². The number of ether oxygens (including phenoxy) is 1. The highest BCUT2D eigenvalue weighted by Crippen LogP contribution is 2.22. The number of hydrogen-bond acceptors (Lipinski definition) is 2. The Morgan fingerprint density at radius 1 is 1.30 bits per heavy atom. The first-order chi connectivity index (χ1) is 9.56. The number of nitrogens with one attached hydrogen (secondary N) is 1. The van der Waals surface area contributed by atoms with E-state index < -0.39 is 5.82 Å². The summed E-state index contributed by atoms with van der Waals surface area (Å²) in [6.07, 6.45) is 0. The molecule has 0 atom stereocenters. The summed E-state index contributed by atoms with van der Waals surface area (Å²) in [5.74, 6) is -0.521. The number of halogens is 3. The third kappa shape index (κ3) is 3.95. The number of hydrogen-bond donors (Lipinski definition) is 1. The Bertz CT molecular complexity index is 636. The molecule has 0 aromatic heterocycles. The average Bonchev–Trinajstić information content (AvgIpc) is 2.43. The highest BCUT2D eigenvalue weighted by atomic mass is 79.9. The number of para-hydroxylation sites is 1. The van der Waals surface area contributed by atoms with Crippen LogP contribution in [0.1, 0.15) is 0 Å². The molecule has 2 aromatic rings. The molecule has 0 bridgehead atoms. The Morgan fingerprint density at radius 3 is 2.75 bits per heavy atom. The Labute approximate surface area is 128 Å². The zero-order valence-corrected chi connectivity index (χ0v) is 12.5. The van der Waals surface area contributed by atoms with Crippen LogP contribution in [-0.2, 0) is 4.79 Å². The van der Waals surface area contributed by atoms with Gasteiger partial charge in [-0.25, -0.2) is 4.39 Å². The van der Waals surface area contributed by atoms with Crippen molar-refractivity contribution in [2.75, 3.05) is 11.9 Å². The van der Waals surface area contributed by atoms with Crippen LogP contribution >= 0.6 is 27.5 Å². The summed E-state index contributed by atoms with van der Waals surface area (Å²) < 4.78 is 19.0. The van der Waals surface area contributed by atoms with Crippen molar-refractivity contribution in [2.45, 2.75) is 0 Å². The van der Waals surface area contributed by atoms with Gasteiger partial charge < -0.3 is 10.1 Å². The van der Waals surface area contributed by atoms with Gasteiger partial charge in [0.25, 0.3) is 5.91 Å². The van der Waals surface area contributed by atoms with E-state index in [1.54, 1.807) is 12.1 Å². The fourth-order valence-corrected chi connectivity index (χ4v) is 2.02. The van der Waals surface area contributed by atoms with Gasteiger partial charge in [-0.2, -0.15) is 0 Å². The number of anilines is 1. The minimum atomic E-state index is -0.531. The van der Waals surface area contributed by atoms with Crippen molar-refractivity contribution < 1.29 is 13.9 Å². The lowest BCUT2D eigenvalue weighted by molar-refractivity contribution is -0.118. The Hall–Kier alpha value is -1.59. The van der Waals surface area contributed by atoms with Crippen molar-refractivity contribution in [3.8, 4) is 5.75 Å². The second-order valence-corrected chi connectivity index (χ2v) is 5.15. The highest BCUT2D eigenvalue weighted by molar-refractivity contribution is 9.10. The van der Waals surface area contributed by atoms with Crippen LogP contribution in [0.3, 0.4) is 0 Å². The van der Waals surface area contributed by atoms with E-state index in [2.05, 4.69) is 21.2 Å². The van der Waals surface area contributed by atoms with E-state index in [0.29, 0.717) is 11.4 Å². The van der Waals surface area contributed by atoms with Crippen molar-refractivity contribution in [3.05, 3.63) is 57.8 Å². The summed E-state index contributed by atoms with van der Waals surface area (Å²) in [6, 6.07) is 11.1. The molecule has 1 N–H and O–H groups in total. The molecular weight excluding hydrogens is 349 g/mol. The van der Waals surface area contributed by atoms with E-state index in [1.165, 1.54) is 18.2 Å². The van der Waals surface area contributed by atoms with Crippen LogP contribution in [0.25, 0.3) is 0 Å². The van der Waals surface area contributed by atoms with Gasteiger partial charge in [0.05, 0.1) is 10.7 Å². The van der Waals surface area contributed by atoms with Crippen LogP contribution in [0.5, 0.6) is 5.75 Å². The average molecular weight is 359 g/mol. The second kappa shape index (κ2) is 6.72. The molecule has 3 nitrogen and oxygen atoms in total. The van der Waals surface area contributed by atoms with Crippen molar-refractivity contribution in [2.24, 2.45) is 0 Å². The minimum absolute atomic E-state index is 0.0475. The summed E-state index contributed by atoms with van der Waals surface area (Å²) >= 11 is 8.94. The molecule has 0 aliphatic carbocycles. The second-order valence-electron chi connectivity index (χ2n) is 3.89.